The number of nitrogens with zero attached hydrogens (tertiary/aromatic N) is 3. The van der Waals surface area contributed by atoms with Gasteiger partial charge in [-0.3, -0.25) is 9.59 Å². The number of carbonyl (C=O) groups is 1. The number of thiophene rings is 1. The van der Waals surface area contributed by atoms with Crippen molar-refractivity contribution >= 4 is 50.5 Å². The van der Waals surface area contributed by atoms with Gasteiger partial charge < -0.3 is 20.5 Å². The molecule has 1 aromatic carbocycles. The fourth-order valence-electron chi connectivity index (χ4n) is 2.79. The summed E-state index contributed by atoms with van der Waals surface area (Å²) in [6.45, 7) is -2.72. The van der Waals surface area contributed by atoms with E-state index in [0.717, 1.165) is 10.9 Å². The molecule has 0 atom stereocenters. The maximum absolute atomic E-state index is 13.2. The van der Waals surface area contributed by atoms with E-state index in [1.54, 1.807) is 24.7 Å². The molecule has 152 valence electrons. The smallest absolute Gasteiger partial charge is 0.261 e. The predicted molar refractivity (Wildman–Crippen MR) is 115 cm³/mol. The van der Waals surface area contributed by atoms with Gasteiger partial charge in [0.15, 0.2) is 0 Å². The molecule has 0 spiro atoms. The van der Waals surface area contributed by atoms with Crippen LogP contribution in [-0.4, -0.2) is 27.4 Å². The fourth-order valence-corrected chi connectivity index (χ4v) is 3.67. The SMILES string of the molecule is [2H]C([2H])([2H])NC(=O)c1cnc(Nc2ccc(F)cc2)nc1Nc1csc2ccn(C)c(=O)c12. The van der Waals surface area contributed by atoms with Crippen LogP contribution in [0.2, 0.25) is 0 Å². The number of hydrogen-bond donors (Lipinski definition) is 3. The van der Waals surface area contributed by atoms with Crippen LogP contribution in [0, 0.1) is 5.82 Å². The van der Waals surface area contributed by atoms with E-state index in [9.17, 15) is 14.0 Å². The molecule has 10 heteroatoms. The van der Waals surface area contributed by atoms with Crippen LogP contribution in [-0.2, 0) is 7.05 Å². The van der Waals surface area contributed by atoms with Gasteiger partial charge in [-0.2, -0.15) is 4.98 Å². The third-order valence-electron chi connectivity index (χ3n) is 4.30. The summed E-state index contributed by atoms with van der Waals surface area (Å²) >= 11 is 1.33. The van der Waals surface area contributed by atoms with E-state index >= 15 is 0 Å². The average Bonchev–Trinajstić information content (AvgIpc) is 3.15. The van der Waals surface area contributed by atoms with E-state index in [2.05, 4.69) is 20.6 Å². The molecule has 0 fully saturated rings. The van der Waals surface area contributed by atoms with Crippen molar-refractivity contribution in [1.29, 1.82) is 0 Å². The topological polar surface area (TPSA) is 101 Å². The Kier molecular flexibility index (Phi) is 4.24. The first kappa shape index (κ1) is 16.1. The van der Waals surface area contributed by atoms with Crippen molar-refractivity contribution in [2.45, 2.75) is 0 Å². The Bertz CT molecular complexity index is 1400. The molecule has 8 nitrogen and oxygen atoms in total. The number of nitrogens with one attached hydrogen (secondary N) is 3. The number of fused-ring (bicyclic) bond motifs is 1. The summed E-state index contributed by atoms with van der Waals surface area (Å²) in [5.74, 6) is -1.27. The monoisotopic (exact) mass is 427 g/mol. The maximum Gasteiger partial charge on any atom is 0.261 e. The summed E-state index contributed by atoms with van der Waals surface area (Å²) < 4.78 is 37.2. The zero-order valence-electron chi connectivity index (χ0n) is 18.6. The van der Waals surface area contributed by atoms with Crippen molar-refractivity contribution in [3.8, 4) is 0 Å². The van der Waals surface area contributed by atoms with Crippen LogP contribution in [0.5, 0.6) is 0 Å². The van der Waals surface area contributed by atoms with Crippen molar-refractivity contribution in [1.82, 2.24) is 19.9 Å². The molecule has 4 rings (SSSR count). The van der Waals surface area contributed by atoms with Crippen molar-refractivity contribution in [3.05, 3.63) is 69.8 Å². The minimum Gasteiger partial charge on any atom is -0.355 e. The second-order valence-corrected chi connectivity index (χ2v) is 7.20. The van der Waals surface area contributed by atoms with Gasteiger partial charge in [-0.25, -0.2) is 9.37 Å². The van der Waals surface area contributed by atoms with Gasteiger partial charge in [0.05, 0.1) is 11.1 Å². The Morgan fingerprint density at radius 1 is 1.23 bits per heavy atom. The van der Waals surface area contributed by atoms with Gasteiger partial charge in [0.25, 0.3) is 11.5 Å². The Morgan fingerprint density at radius 2 is 2.03 bits per heavy atom. The van der Waals surface area contributed by atoms with Crippen LogP contribution in [0.25, 0.3) is 10.1 Å². The van der Waals surface area contributed by atoms with Gasteiger partial charge in [0.2, 0.25) is 5.95 Å². The summed E-state index contributed by atoms with van der Waals surface area (Å²) in [7, 11) is 1.62. The number of amides is 1. The molecule has 0 aliphatic carbocycles. The normalized spacial score (nSPS) is 12.7. The van der Waals surface area contributed by atoms with Crippen molar-refractivity contribution in [3.63, 3.8) is 0 Å². The molecule has 3 heterocycles. The lowest BCUT2D eigenvalue weighted by Crippen LogP contribution is -2.21. The summed E-state index contributed by atoms with van der Waals surface area (Å²) in [4.78, 5) is 33.6. The summed E-state index contributed by atoms with van der Waals surface area (Å²) in [5, 5.41) is 9.86. The number of hydrogen-bond acceptors (Lipinski definition) is 7. The third-order valence-corrected chi connectivity index (χ3v) is 5.25. The first-order valence-electron chi connectivity index (χ1n) is 10.2. The van der Waals surface area contributed by atoms with Crippen molar-refractivity contribution in [2.24, 2.45) is 7.05 Å². The Hall–Kier alpha value is -3.79. The average molecular weight is 427 g/mol. The minimum atomic E-state index is -2.72. The van der Waals surface area contributed by atoms with Crippen LogP contribution >= 0.6 is 11.3 Å². The molecule has 3 aromatic heterocycles. The maximum atomic E-state index is 13.2. The van der Waals surface area contributed by atoms with Crippen LogP contribution < -0.4 is 21.5 Å². The lowest BCUT2D eigenvalue weighted by atomic mass is 10.2. The summed E-state index contributed by atoms with van der Waals surface area (Å²) in [5.41, 5.74) is 0.522. The first-order chi connectivity index (χ1) is 15.6. The molecule has 0 aliphatic heterocycles. The van der Waals surface area contributed by atoms with Crippen molar-refractivity contribution in [2.75, 3.05) is 17.6 Å². The van der Waals surface area contributed by atoms with Crippen LogP contribution in [0.15, 0.2) is 52.9 Å². The number of pyridine rings is 1. The zero-order chi connectivity index (χ0) is 23.8. The number of halogens is 1. The Morgan fingerprint density at radius 3 is 2.80 bits per heavy atom. The molecule has 0 aliphatic rings. The second-order valence-electron chi connectivity index (χ2n) is 6.29. The third kappa shape index (κ3) is 3.72. The van der Waals surface area contributed by atoms with E-state index in [4.69, 9.17) is 4.11 Å². The summed E-state index contributed by atoms with van der Waals surface area (Å²) in [6.07, 6.45) is 2.81. The number of aromatic nitrogens is 3. The van der Waals surface area contributed by atoms with E-state index < -0.39 is 18.7 Å². The lowest BCUT2D eigenvalue weighted by Gasteiger charge is -2.12. The molecule has 4 aromatic rings. The number of aryl methyl sites for hydroxylation is 1. The molecule has 0 bridgehead atoms. The Balaban J connectivity index is 1.76. The molecule has 1 amide bonds. The molecule has 30 heavy (non-hydrogen) atoms. The first-order valence-corrected chi connectivity index (χ1v) is 9.55. The molecular formula is C20H17FN6O2S. The number of anilines is 4. The summed E-state index contributed by atoms with van der Waals surface area (Å²) in [6, 6.07) is 7.27. The second kappa shape index (κ2) is 7.91. The van der Waals surface area contributed by atoms with Gasteiger partial charge in [-0.05, 0) is 30.3 Å². The van der Waals surface area contributed by atoms with Gasteiger partial charge in [0.1, 0.15) is 17.2 Å². The zero-order valence-corrected chi connectivity index (χ0v) is 16.4. The van der Waals surface area contributed by atoms with Gasteiger partial charge in [-0.1, -0.05) is 0 Å². The van der Waals surface area contributed by atoms with Gasteiger partial charge >= 0.3 is 0 Å². The number of benzene rings is 1. The molecule has 0 saturated carbocycles. The van der Waals surface area contributed by atoms with Gasteiger partial charge in [-0.15, -0.1) is 11.3 Å². The van der Waals surface area contributed by atoms with E-state index in [1.807, 2.05) is 5.32 Å². The highest BCUT2D eigenvalue weighted by Gasteiger charge is 2.17. The van der Waals surface area contributed by atoms with Crippen LogP contribution in [0.1, 0.15) is 14.5 Å². The van der Waals surface area contributed by atoms with Crippen LogP contribution in [0.3, 0.4) is 0 Å². The number of rotatable bonds is 5. The molecule has 0 radical (unpaired) electrons. The van der Waals surface area contributed by atoms with Crippen molar-refractivity contribution < 1.29 is 13.3 Å². The van der Waals surface area contributed by atoms with Crippen LogP contribution in [0.4, 0.5) is 27.5 Å². The largest absolute Gasteiger partial charge is 0.355 e. The highest BCUT2D eigenvalue weighted by atomic mass is 32.1. The molecule has 0 saturated heterocycles. The highest BCUT2D eigenvalue weighted by molar-refractivity contribution is 7.17. The quantitative estimate of drug-likeness (QED) is 0.451. The van der Waals surface area contributed by atoms with E-state index in [-0.39, 0.29) is 22.9 Å². The standard InChI is InChI=1S/C20H17FN6O2S/c1-22-18(28)13-9-23-20(24-12-5-3-11(21)4-6-12)26-17(13)25-14-10-30-15-7-8-27(2)19(29)16(14)15/h3-10H,1-2H3,(H,22,28)(H2,23,24,25,26)/i1D3. The Labute approximate surface area is 178 Å². The van der Waals surface area contributed by atoms with Gasteiger partial charge in [0, 0.05) is 46.3 Å². The molecular weight excluding hydrogens is 407 g/mol. The number of carbonyl (C=O) groups excluding carboxylic acids is 1. The fraction of sp³-hybridized carbons (Fsp3) is 0.100. The lowest BCUT2D eigenvalue weighted by molar-refractivity contribution is 0.0963. The predicted octanol–water partition coefficient (Wildman–Crippen LogP) is 3.38. The molecule has 0 unspecified atom stereocenters. The van der Waals surface area contributed by atoms with E-state index in [1.165, 1.54) is 40.2 Å². The highest BCUT2D eigenvalue weighted by Crippen LogP contribution is 2.30. The minimum absolute atomic E-state index is 0.0121. The molecule has 3 N–H and O–H groups in total. The van der Waals surface area contributed by atoms with E-state index in [0.29, 0.717) is 16.8 Å².